The van der Waals surface area contributed by atoms with Crippen molar-refractivity contribution in [3.05, 3.63) is 34.9 Å². The zero-order chi connectivity index (χ0) is 14.4. The maximum absolute atomic E-state index is 10.5. The third kappa shape index (κ3) is 4.43. The van der Waals surface area contributed by atoms with Gasteiger partial charge in [0, 0.05) is 6.42 Å². The lowest BCUT2D eigenvalue weighted by atomic mass is 9.97. The molecule has 1 rings (SSSR count). The van der Waals surface area contributed by atoms with Gasteiger partial charge in [-0.25, -0.2) is 0 Å². The number of ether oxygens (including phenoxy) is 1. The van der Waals surface area contributed by atoms with Crippen LogP contribution in [-0.2, 0) is 4.79 Å². The van der Waals surface area contributed by atoms with Crippen molar-refractivity contribution in [2.75, 3.05) is 6.61 Å². The van der Waals surface area contributed by atoms with Crippen LogP contribution in [0.25, 0.3) is 5.57 Å². The molecule has 0 radical (unpaired) electrons. The average Bonchev–Trinajstić information content (AvgIpc) is 2.33. The summed E-state index contributed by atoms with van der Waals surface area (Å²) in [5, 5.41) is 8.65. The molecule has 0 spiro atoms. The van der Waals surface area contributed by atoms with Crippen LogP contribution in [0.1, 0.15) is 43.4 Å². The number of rotatable bonds is 6. The van der Waals surface area contributed by atoms with Gasteiger partial charge in [-0.05, 0) is 68.5 Å². The van der Waals surface area contributed by atoms with Crippen LogP contribution < -0.4 is 4.74 Å². The maximum Gasteiger partial charge on any atom is 0.303 e. The normalized spacial score (nSPS) is 11.5. The SMILES string of the molecule is CCOc1cc(C)c(/C(C)=C/CCC(=O)O)cc1C. The lowest BCUT2D eigenvalue weighted by Crippen LogP contribution is -1.97. The standard InChI is InChI=1S/C16H22O3/c1-5-19-15-10-12(3)14(9-13(15)4)11(2)7-6-8-16(17)18/h7,9-10H,5-6,8H2,1-4H3,(H,17,18)/b11-7+. The van der Waals surface area contributed by atoms with Gasteiger partial charge in [0.25, 0.3) is 0 Å². The van der Waals surface area contributed by atoms with Crippen molar-refractivity contribution >= 4 is 11.5 Å². The number of benzene rings is 1. The Bertz CT molecular complexity index is 487. The fourth-order valence-electron chi connectivity index (χ4n) is 2.05. The monoisotopic (exact) mass is 262 g/mol. The number of hydrogen-bond donors (Lipinski definition) is 1. The van der Waals surface area contributed by atoms with Gasteiger partial charge in [-0.15, -0.1) is 0 Å². The van der Waals surface area contributed by atoms with Crippen LogP contribution in [0.5, 0.6) is 5.75 Å². The molecule has 3 nitrogen and oxygen atoms in total. The summed E-state index contributed by atoms with van der Waals surface area (Å²) in [5.41, 5.74) is 4.53. The Morgan fingerprint density at radius 3 is 2.58 bits per heavy atom. The van der Waals surface area contributed by atoms with Gasteiger partial charge in [0.15, 0.2) is 0 Å². The number of carboxylic acid groups (broad SMARTS) is 1. The Balaban J connectivity index is 2.94. The van der Waals surface area contributed by atoms with E-state index >= 15 is 0 Å². The largest absolute Gasteiger partial charge is 0.494 e. The van der Waals surface area contributed by atoms with Crippen molar-refractivity contribution in [1.82, 2.24) is 0 Å². The van der Waals surface area contributed by atoms with E-state index in [4.69, 9.17) is 9.84 Å². The second-order valence-electron chi connectivity index (χ2n) is 4.69. The minimum absolute atomic E-state index is 0.173. The molecule has 0 heterocycles. The minimum Gasteiger partial charge on any atom is -0.494 e. The van der Waals surface area contributed by atoms with Crippen molar-refractivity contribution < 1.29 is 14.6 Å². The van der Waals surface area contributed by atoms with E-state index in [9.17, 15) is 4.79 Å². The molecule has 1 N–H and O–H groups in total. The fraction of sp³-hybridized carbons (Fsp3) is 0.438. The van der Waals surface area contributed by atoms with Crippen LogP contribution in [-0.4, -0.2) is 17.7 Å². The Morgan fingerprint density at radius 1 is 1.32 bits per heavy atom. The molecule has 19 heavy (non-hydrogen) atoms. The molecule has 1 aromatic carbocycles. The Labute approximate surface area is 114 Å². The van der Waals surface area contributed by atoms with Crippen LogP contribution in [0.3, 0.4) is 0 Å². The molecular weight excluding hydrogens is 240 g/mol. The summed E-state index contributed by atoms with van der Waals surface area (Å²) >= 11 is 0. The first kappa shape index (κ1) is 15.3. The molecule has 0 saturated carbocycles. The lowest BCUT2D eigenvalue weighted by Gasteiger charge is -2.13. The second-order valence-corrected chi connectivity index (χ2v) is 4.69. The van der Waals surface area contributed by atoms with E-state index in [2.05, 4.69) is 6.07 Å². The highest BCUT2D eigenvalue weighted by Gasteiger charge is 2.07. The first-order valence-electron chi connectivity index (χ1n) is 6.58. The van der Waals surface area contributed by atoms with Gasteiger partial charge in [-0.3, -0.25) is 4.79 Å². The highest BCUT2D eigenvalue weighted by molar-refractivity contribution is 5.70. The second kappa shape index (κ2) is 6.98. The van der Waals surface area contributed by atoms with Gasteiger partial charge < -0.3 is 9.84 Å². The van der Waals surface area contributed by atoms with Gasteiger partial charge in [0.05, 0.1) is 6.61 Å². The molecule has 0 aromatic heterocycles. The quantitative estimate of drug-likeness (QED) is 0.843. The fourth-order valence-corrected chi connectivity index (χ4v) is 2.05. The summed E-state index contributed by atoms with van der Waals surface area (Å²) < 4.78 is 5.57. The molecule has 0 atom stereocenters. The summed E-state index contributed by atoms with van der Waals surface area (Å²) in [6.07, 6.45) is 2.72. The molecule has 0 fully saturated rings. The zero-order valence-corrected chi connectivity index (χ0v) is 12.1. The predicted octanol–water partition coefficient (Wildman–Crippen LogP) is 3.97. The summed E-state index contributed by atoms with van der Waals surface area (Å²) in [5.74, 6) is 0.158. The number of carbonyl (C=O) groups is 1. The summed E-state index contributed by atoms with van der Waals surface area (Å²) in [6.45, 7) is 8.72. The molecule has 0 aliphatic carbocycles. The molecule has 104 valence electrons. The van der Waals surface area contributed by atoms with E-state index in [0.717, 1.165) is 28.0 Å². The maximum atomic E-state index is 10.5. The van der Waals surface area contributed by atoms with Crippen molar-refractivity contribution in [2.24, 2.45) is 0 Å². The number of aliphatic carboxylic acids is 1. The third-order valence-corrected chi connectivity index (χ3v) is 3.06. The lowest BCUT2D eigenvalue weighted by molar-refractivity contribution is -0.136. The molecule has 3 heteroatoms. The van der Waals surface area contributed by atoms with Gasteiger partial charge in [0.1, 0.15) is 5.75 Å². The summed E-state index contributed by atoms with van der Waals surface area (Å²) in [7, 11) is 0. The highest BCUT2D eigenvalue weighted by Crippen LogP contribution is 2.27. The molecular formula is C16H22O3. The first-order chi connectivity index (χ1) is 8.95. The molecule has 0 aliphatic rings. The Kier molecular flexibility index (Phi) is 5.61. The molecule has 0 saturated heterocycles. The molecule has 0 bridgehead atoms. The Hall–Kier alpha value is -1.77. The summed E-state index contributed by atoms with van der Waals surface area (Å²) in [6, 6.07) is 4.15. The van der Waals surface area contributed by atoms with E-state index in [1.807, 2.05) is 39.8 Å². The molecule has 0 aliphatic heterocycles. The van der Waals surface area contributed by atoms with E-state index in [1.54, 1.807) is 0 Å². The smallest absolute Gasteiger partial charge is 0.303 e. The van der Waals surface area contributed by atoms with E-state index in [0.29, 0.717) is 13.0 Å². The van der Waals surface area contributed by atoms with Crippen LogP contribution in [0.2, 0.25) is 0 Å². The number of hydrogen-bond acceptors (Lipinski definition) is 2. The van der Waals surface area contributed by atoms with Crippen molar-refractivity contribution in [3.8, 4) is 5.75 Å². The van der Waals surface area contributed by atoms with Crippen molar-refractivity contribution in [1.29, 1.82) is 0 Å². The third-order valence-electron chi connectivity index (χ3n) is 3.06. The van der Waals surface area contributed by atoms with E-state index in [-0.39, 0.29) is 6.42 Å². The van der Waals surface area contributed by atoms with E-state index in [1.165, 1.54) is 0 Å². The average molecular weight is 262 g/mol. The van der Waals surface area contributed by atoms with Gasteiger partial charge in [0.2, 0.25) is 0 Å². The molecule has 0 unspecified atom stereocenters. The van der Waals surface area contributed by atoms with Gasteiger partial charge in [-0.2, -0.15) is 0 Å². The topological polar surface area (TPSA) is 46.5 Å². The van der Waals surface area contributed by atoms with Crippen molar-refractivity contribution in [3.63, 3.8) is 0 Å². The van der Waals surface area contributed by atoms with Gasteiger partial charge >= 0.3 is 5.97 Å². The molecule has 0 amide bonds. The molecule has 1 aromatic rings. The zero-order valence-electron chi connectivity index (χ0n) is 12.1. The van der Waals surface area contributed by atoms with Crippen LogP contribution >= 0.6 is 0 Å². The van der Waals surface area contributed by atoms with Crippen LogP contribution in [0.15, 0.2) is 18.2 Å². The first-order valence-corrected chi connectivity index (χ1v) is 6.58. The Morgan fingerprint density at radius 2 is 2.00 bits per heavy atom. The van der Waals surface area contributed by atoms with Crippen LogP contribution in [0.4, 0.5) is 0 Å². The van der Waals surface area contributed by atoms with Gasteiger partial charge in [-0.1, -0.05) is 6.08 Å². The summed E-state index contributed by atoms with van der Waals surface area (Å²) in [4.78, 5) is 10.5. The number of carboxylic acids is 1. The number of aryl methyl sites for hydroxylation is 2. The minimum atomic E-state index is -0.761. The van der Waals surface area contributed by atoms with Crippen molar-refractivity contribution in [2.45, 2.75) is 40.5 Å². The van der Waals surface area contributed by atoms with E-state index < -0.39 is 5.97 Å². The number of allylic oxidation sites excluding steroid dienone is 2. The highest BCUT2D eigenvalue weighted by atomic mass is 16.5. The van der Waals surface area contributed by atoms with Crippen LogP contribution in [0, 0.1) is 13.8 Å². The predicted molar refractivity (Wildman–Crippen MR) is 77.6 cm³/mol.